The van der Waals surface area contributed by atoms with Crippen molar-refractivity contribution in [1.29, 1.82) is 0 Å². The Balaban J connectivity index is 1.65. The molecule has 0 radical (unpaired) electrons. The summed E-state index contributed by atoms with van der Waals surface area (Å²) < 4.78 is 0. The van der Waals surface area contributed by atoms with E-state index in [0.717, 1.165) is 16.7 Å². The van der Waals surface area contributed by atoms with Crippen molar-refractivity contribution in [3.8, 4) is 0 Å². The third-order valence-electron chi connectivity index (χ3n) is 6.34. The zero-order valence-corrected chi connectivity index (χ0v) is 21.2. The van der Waals surface area contributed by atoms with Crippen LogP contribution in [0.15, 0.2) is 84.9 Å². The van der Waals surface area contributed by atoms with E-state index in [1.807, 2.05) is 91.9 Å². The number of hydrogen-bond donors (Lipinski definition) is 4. The van der Waals surface area contributed by atoms with Crippen molar-refractivity contribution in [2.75, 3.05) is 6.54 Å². The van der Waals surface area contributed by atoms with Gasteiger partial charge in [-0.2, -0.15) is 0 Å². The molecule has 3 amide bonds. The minimum Gasteiger partial charge on any atom is -0.354 e. The number of amides is 3. The molecule has 0 saturated carbocycles. The van der Waals surface area contributed by atoms with Gasteiger partial charge < -0.3 is 10.6 Å². The molecule has 3 aromatic carbocycles. The Bertz CT molecular complexity index is 1130. The fraction of sp³-hybridized carbons (Fsp3) is 0.300. The van der Waals surface area contributed by atoms with Crippen LogP contribution in [-0.4, -0.2) is 35.5 Å². The molecule has 7 heteroatoms. The smallest absolute Gasteiger partial charge is 0.255 e. The van der Waals surface area contributed by atoms with Crippen LogP contribution in [0.2, 0.25) is 0 Å². The Labute approximate surface area is 218 Å². The molecule has 0 heterocycles. The van der Waals surface area contributed by atoms with Crippen molar-refractivity contribution < 1.29 is 19.6 Å². The summed E-state index contributed by atoms with van der Waals surface area (Å²) >= 11 is 0. The Morgan fingerprint density at radius 1 is 0.676 bits per heavy atom. The number of carbonyl (C=O) groups excluding carboxylic acids is 3. The van der Waals surface area contributed by atoms with Gasteiger partial charge in [0.1, 0.15) is 12.0 Å². The quantitative estimate of drug-likeness (QED) is 0.163. The zero-order chi connectivity index (χ0) is 26.5. The molecular formula is C30H35N3O4. The minimum absolute atomic E-state index is 0.197. The SMILES string of the molecule is Cc1ccc(CCNC(=O)[C@H](CCc2ccccc2)NC(=O)[C@H](CCc2ccccc2)C(=O)NO)cc1. The minimum atomic E-state index is -1.13. The number of carbonyl (C=O) groups is 3. The highest BCUT2D eigenvalue weighted by Crippen LogP contribution is 2.13. The summed E-state index contributed by atoms with van der Waals surface area (Å²) in [6.07, 6.45) is 2.29. The van der Waals surface area contributed by atoms with Gasteiger partial charge >= 0.3 is 0 Å². The molecule has 0 bridgehead atoms. The van der Waals surface area contributed by atoms with E-state index in [-0.39, 0.29) is 12.3 Å². The molecule has 2 atom stereocenters. The predicted molar refractivity (Wildman–Crippen MR) is 143 cm³/mol. The van der Waals surface area contributed by atoms with Gasteiger partial charge in [-0.1, -0.05) is 90.5 Å². The molecule has 0 saturated heterocycles. The van der Waals surface area contributed by atoms with E-state index < -0.39 is 23.8 Å². The largest absolute Gasteiger partial charge is 0.354 e. The molecule has 37 heavy (non-hydrogen) atoms. The Kier molecular flexibility index (Phi) is 10.9. The van der Waals surface area contributed by atoms with Crippen molar-refractivity contribution in [1.82, 2.24) is 16.1 Å². The summed E-state index contributed by atoms with van der Waals surface area (Å²) in [5.41, 5.74) is 5.89. The van der Waals surface area contributed by atoms with E-state index in [4.69, 9.17) is 0 Å². The van der Waals surface area contributed by atoms with Crippen LogP contribution in [0.25, 0.3) is 0 Å². The number of rotatable bonds is 13. The van der Waals surface area contributed by atoms with Crippen molar-refractivity contribution in [2.45, 2.75) is 45.1 Å². The summed E-state index contributed by atoms with van der Waals surface area (Å²) in [5.74, 6) is -2.82. The molecule has 0 fully saturated rings. The van der Waals surface area contributed by atoms with Gasteiger partial charge in [-0.05, 0) is 55.7 Å². The van der Waals surface area contributed by atoms with Gasteiger partial charge in [0.05, 0.1) is 0 Å². The molecule has 0 aliphatic heterocycles. The molecule has 0 unspecified atom stereocenters. The average molecular weight is 502 g/mol. The first-order valence-corrected chi connectivity index (χ1v) is 12.6. The monoisotopic (exact) mass is 501 g/mol. The van der Waals surface area contributed by atoms with E-state index in [1.54, 1.807) is 5.48 Å². The molecule has 3 rings (SSSR count). The topological polar surface area (TPSA) is 108 Å². The summed E-state index contributed by atoms with van der Waals surface area (Å²) in [6.45, 7) is 2.45. The standard InChI is InChI=1S/C30H35N3O4/c1-22-12-14-25(15-13-22)20-21-31-30(36)27(19-17-24-10-6-3-7-11-24)32-28(34)26(29(35)33-37)18-16-23-8-4-2-5-9-23/h2-15,26-27,37H,16-21H2,1H3,(H,31,36)(H,32,34)(H,33,35)/t26-,27-/m0/s1. The second-order valence-electron chi connectivity index (χ2n) is 9.16. The first-order valence-electron chi connectivity index (χ1n) is 12.6. The molecule has 0 spiro atoms. The van der Waals surface area contributed by atoms with Crippen molar-refractivity contribution in [3.63, 3.8) is 0 Å². The number of hydroxylamine groups is 1. The Hall–Kier alpha value is -3.97. The molecule has 0 aromatic heterocycles. The van der Waals surface area contributed by atoms with Gasteiger partial charge in [-0.25, -0.2) is 5.48 Å². The number of hydrogen-bond acceptors (Lipinski definition) is 4. The Morgan fingerprint density at radius 2 is 1.22 bits per heavy atom. The fourth-order valence-corrected chi connectivity index (χ4v) is 4.12. The zero-order valence-electron chi connectivity index (χ0n) is 21.2. The van der Waals surface area contributed by atoms with Crippen LogP contribution in [0.3, 0.4) is 0 Å². The number of benzene rings is 3. The first-order chi connectivity index (χ1) is 18.0. The summed E-state index contributed by atoms with van der Waals surface area (Å²) in [7, 11) is 0. The predicted octanol–water partition coefficient (Wildman–Crippen LogP) is 3.53. The first kappa shape index (κ1) is 27.6. The van der Waals surface area contributed by atoms with Crippen molar-refractivity contribution in [2.24, 2.45) is 5.92 Å². The highest BCUT2D eigenvalue weighted by atomic mass is 16.5. The lowest BCUT2D eigenvalue weighted by Crippen LogP contribution is -2.51. The molecule has 0 aliphatic rings. The third-order valence-corrected chi connectivity index (χ3v) is 6.34. The van der Waals surface area contributed by atoms with Crippen LogP contribution in [0.5, 0.6) is 0 Å². The van der Waals surface area contributed by atoms with Gasteiger partial charge in [-0.15, -0.1) is 0 Å². The summed E-state index contributed by atoms with van der Waals surface area (Å²) in [4.78, 5) is 38.6. The van der Waals surface area contributed by atoms with Gasteiger partial charge in [0.2, 0.25) is 11.8 Å². The second kappa shape index (κ2) is 14.6. The van der Waals surface area contributed by atoms with Crippen LogP contribution >= 0.6 is 0 Å². The highest BCUT2D eigenvalue weighted by molar-refractivity contribution is 6.01. The average Bonchev–Trinajstić information content (AvgIpc) is 2.93. The highest BCUT2D eigenvalue weighted by Gasteiger charge is 2.30. The van der Waals surface area contributed by atoms with E-state index in [0.29, 0.717) is 32.2 Å². The molecule has 194 valence electrons. The van der Waals surface area contributed by atoms with Crippen LogP contribution in [0.4, 0.5) is 0 Å². The molecule has 0 aliphatic carbocycles. The fourth-order valence-electron chi connectivity index (χ4n) is 4.12. The second-order valence-corrected chi connectivity index (χ2v) is 9.16. The lowest BCUT2D eigenvalue weighted by Gasteiger charge is -2.22. The maximum atomic E-state index is 13.2. The van der Waals surface area contributed by atoms with Crippen molar-refractivity contribution >= 4 is 17.7 Å². The van der Waals surface area contributed by atoms with Gasteiger partial charge in [0.15, 0.2) is 0 Å². The van der Waals surface area contributed by atoms with Gasteiger partial charge in [0.25, 0.3) is 5.91 Å². The molecule has 4 N–H and O–H groups in total. The normalized spacial score (nSPS) is 12.3. The third kappa shape index (κ3) is 9.20. The maximum absolute atomic E-state index is 13.2. The summed E-state index contributed by atoms with van der Waals surface area (Å²) in [5, 5.41) is 14.9. The van der Waals surface area contributed by atoms with E-state index in [9.17, 15) is 19.6 Å². The van der Waals surface area contributed by atoms with Gasteiger partial charge in [-0.3, -0.25) is 19.6 Å². The van der Waals surface area contributed by atoms with Crippen LogP contribution in [0.1, 0.15) is 35.1 Å². The lowest BCUT2D eigenvalue weighted by molar-refractivity contribution is -0.142. The molecular weight excluding hydrogens is 466 g/mol. The number of aryl methyl sites for hydroxylation is 3. The van der Waals surface area contributed by atoms with Crippen LogP contribution in [0, 0.1) is 12.8 Å². The Morgan fingerprint density at radius 3 is 1.78 bits per heavy atom. The molecule has 3 aromatic rings. The molecule has 7 nitrogen and oxygen atoms in total. The van der Waals surface area contributed by atoms with Crippen LogP contribution in [-0.2, 0) is 33.6 Å². The van der Waals surface area contributed by atoms with E-state index in [2.05, 4.69) is 10.6 Å². The van der Waals surface area contributed by atoms with Gasteiger partial charge in [0, 0.05) is 6.54 Å². The van der Waals surface area contributed by atoms with E-state index in [1.165, 1.54) is 5.56 Å². The van der Waals surface area contributed by atoms with Crippen molar-refractivity contribution in [3.05, 3.63) is 107 Å². The van der Waals surface area contributed by atoms with Crippen LogP contribution < -0.4 is 16.1 Å². The van der Waals surface area contributed by atoms with E-state index >= 15 is 0 Å². The lowest BCUT2D eigenvalue weighted by atomic mass is 9.96. The summed E-state index contributed by atoms with van der Waals surface area (Å²) in [6, 6.07) is 26.5. The number of nitrogens with one attached hydrogen (secondary N) is 3. The maximum Gasteiger partial charge on any atom is 0.255 e.